The zero-order chi connectivity index (χ0) is 15.5. The standard InChI is InChI=1S/C14H15ClN4OS2/c1-8(12(20)17-11-5-3-2-4-10(11)15)21-14-19-18-13(22-14)16-9-6-7-9/h2-5,8-9H,6-7H2,1H3,(H,16,18)(H,17,20)/t8-/m0/s1. The fourth-order valence-electron chi connectivity index (χ4n) is 1.72. The highest BCUT2D eigenvalue weighted by Crippen LogP contribution is 2.32. The molecule has 1 fully saturated rings. The average Bonchev–Trinajstić information content (AvgIpc) is 3.20. The molecule has 1 aliphatic rings. The average molecular weight is 355 g/mol. The number of rotatable bonds is 6. The van der Waals surface area contributed by atoms with Crippen LogP contribution in [0.25, 0.3) is 0 Å². The van der Waals surface area contributed by atoms with Crippen LogP contribution in [0.5, 0.6) is 0 Å². The van der Waals surface area contributed by atoms with Gasteiger partial charge in [0.2, 0.25) is 11.0 Å². The van der Waals surface area contributed by atoms with Gasteiger partial charge in [-0.25, -0.2) is 0 Å². The molecular weight excluding hydrogens is 340 g/mol. The number of para-hydroxylation sites is 1. The van der Waals surface area contributed by atoms with E-state index in [4.69, 9.17) is 11.6 Å². The van der Waals surface area contributed by atoms with E-state index in [2.05, 4.69) is 20.8 Å². The maximum atomic E-state index is 12.2. The third-order valence-corrected chi connectivity index (χ3v) is 5.46. The molecule has 0 bridgehead atoms. The number of nitrogens with zero attached hydrogens (tertiary/aromatic N) is 2. The lowest BCUT2D eigenvalue weighted by Gasteiger charge is -2.11. The van der Waals surface area contributed by atoms with Crippen LogP contribution in [0, 0.1) is 0 Å². The third kappa shape index (κ3) is 4.12. The first kappa shape index (κ1) is 15.6. The molecule has 1 aliphatic carbocycles. The summed E-state index contributed by atoms with van der Waals surface area (Å²) in [7, 11) is 0. The van der Waals surface area contributed by atoms with E-state index in [9.17, 15) is 4.79 Å². The first-order chi connectivity index (χ1) is 10.6. The molecule has 1 heterocycles. The van der Waals surface area contributed by atoms with Gasteiger partial charge in [-0.05, 0) is 31.9 Å². The number of nitrogens with one attached hydrogen (secondary N) is 2. The van der Waals surface area contributed by atoms with Crippen LogP contribution in [-0.2, 0) is 4.79 Å². The summed E-state index contributed by atoms with van der Waals surface area (Å²) in [6.07, 6.45) is 2.39. The Morgan fingerprint density at radius 3 is 2.91 bits per heavy atom. The highest BCUT2D eigenvalue weighted by molar-refractivity contribution is 8.02. The predicted molar refractivity (Wildman–Crippen MR) is 92.0 cm³/mol. The largest absolute Gasteiger partial charge is 0.357 e. The van der Waals surface area contributed by atoms with Gasteiger partial charge in [0.15, 0.2) is 4.34 Å². The summed E-state index contributed by atoms with van der Waals surface area (Å²) in [5, 5.41) is 15.4. The molecule has 1 saturated carbocycles. The Labute approximate surface area is 141 Å². The maximum absolute atomic E-state index is 12.2. The van der Waals surface area contributed by atoms with E-state index in [-0.39, 0.29) is 11.2 Å². The summed E-state index contributed by atoms with van der Waals surface area (Å²) in [5.74, 6) is -0.106. The van der Waals surface area contributed by atoms with Gasteiger partial charge >= 0.3 is 0 Å². The molecule has 2 N–H and O–H groups in total. The normalized spacial score (nSPS) is 15.4. The maximum Gasteiger partial charge on any atom is 0.237 e. The van der Waals surface area contributed by atoms with Crippen LogP contribution in [0.1, 0.15) is 19.8 Å². The van der Waals surface area contributed by atoms with Gasteiger partial charge in [0.05, 0.1) is 16.0 Å². The predicted octanol–water partition coefficient (Wildman–Crippen LogP) is 3.89. The van der Waals surface area contributed by atoms with Crippen molar-refractivity contribution in [3.05, 3.63) is 29.3 Å². The number of benzene rings is 1. The van der Waals surface area contributed by atoms with E-state index < -0.39 is 0 Å². The van der Waals surface area contributed by atoms with Crippen LogP contribution in [-0.4, -0.2) is 27.4 Å². The molecule has 3 rings (SSSR count). The quantitative estimate of drug-likeness (QED) is 0.770. The SMILES string of the molecule is C[C@H](Sc1nnc(NC2CC2)s1)C(=O)Nc1ccccc1Cl. The minimum Gasteiger partial charge on any atom is -0.357 e. The fourth-order valence-corrected chi connectivity index (χ4v) is 3.88. The van der Waals surface area contributed by atoms with Crippen molar-refractivity contribution >= 4 is 51.4 Å². The van der Waals surface area contributed by atoms with Crippen LogP contribution in [0.15, 0.2) is 28.6 Å². The molecule has 0 spiro atoms. The van der Waals surface area contributed by atoms with Crippen molar-refractivity contribution in [2.75, 3.05) is 10.6 Å². The first-order valence-electron chi connectivity index (χ1n) is 6.94. The number of carbonyl (C=O) groups excluding carboxylic acids is 1. The number of amides is 1. The van der Waals surface area contributed by atoms with E-state index >= 15 is 0 Å². The second kappa shape index (κ2) is 6.85. The summed E-state index contributed by atoms with van der Waals surface area (Å²) >= 11 is 8.92. The molecule has 8 heteroatoms. The van der Waals surface area contributed by atoms with Crippen LogP contribution in [0.4, 0.5) is 10.8 Å². The molecule has 1 amide bonds. The van der Waals surface area contributed by atoms with Gasteiger partial charge < -0.3 is 10.6 Å². The molecule has 1 aromatic heterocycles. The van der Waals surface area contributed by atoms with E-state index in [1.165, 1.54) is 35.9 Å². The Morgan fingerprint density at radius 2 is 2.18 bits per heavy atom. The number of anilines is 2. The van der Waals surface area contributed by atoms with E-state index in [0.717, 1.165) is 9.47 Å². The molecule has 5 nitrogen and oxygen atoms in total. The summed E-state index contributed by atoms with van der Waals surface area (Å²) in [6, 6.07) is 7.73. The second-order valence-electron chi connectivity index (χ2n) is 5.02. The van der Waals surface area contributed by atoms with Crippen molar-refractivity contribution < 1.29 is 4.79 Å². The van der Waals surface area contributed by atoms with Crippen molar-refractivity contribution in [1.82, 2.24) is 10.2 Å². The molecule has 0 radical (unpaired) electrons. The molecule has 116 valence electrons. The minimum absolute atomic E-state index is 0.106. The zero-order valence-electron chi connectivity index (χ0n) is 11.9. The monoisotopic (exact) mass is 354 g/mol. The summed E-state index contributed by atoms with van der Waals surface area (Å²) in [5.41, 5.74) is 0.620. The number of carbonyl (C=O) groups is 1. The number of thioether (sulfide) groups is 1. The molecule has 0 saturated heterocycles. The van der Waals surface area contributed by atoms with Crippen molar-refractivity contribution in [1.29, 1.82) is 0 Å². The van der Waals surface area contributed by atoms with Crippen LogP contribution >= 0.6 is 34.7 Å². The summed E-state index contributed by atoms with van der Waals surface area (Å²) in [4.78, 5) is 12.2. The van der Waals surface area contributed by atoms with Gasteiger partial charge in [0.1, 0.15) is 0 Å². The van der Waals surface area contributed by atoms with E-state index in [1.54, 1.807) is 12.1 Å². The van der Waals surface area contributed by atoms with Crippen LogP contribution in [0.2, 0.25) is 5.02 Å². The summed E-state index contributed by atoms with van der Waals surface area (Å²) in [6.45, 7) is 1.84. The molecule has 1 aromatic carbocycles. The van der Waals surface area contributed by atoms with Crippen LogP contribution in [0.3, 0.4) is 0 Å². The highest BCUT2D eigenvalue weighted by atomic mass is 35.5. The van der Waals surface area contributed by atoms with E-state index in [0.29, 0.717) is 16.8 Å². The lowest BCUT2D eigenvalue weighted by molar-refractivity contribution is -0.115. The lowest BCUT2D eigenvalue weighted by Crippen LogP contribution is -2.22. The van der Waals surface area contributed by atoms with Crippen LogP contribution < -0.4 is 10.6 Å². The number of aromatic nitrogens is 2. The molecule has 2 aromatic rings. The fraction of sp³-hybridized carbons (Fsp3) is 0.357. The number of hydrogen-bond donors (Lipinski definition) is 2. The van der Waals surface area contributed by atoms with Crippen molar-refractivity contribution in [2.45, 2.75) is 35.4 Å². The summed E-state index contributed by atoms with van der Waals surface area (Å²) < 4.78 is 0.782. The highest BCUT2D eigenvalue weighted by Gasteiger charge is 2.23. The van der Waals surface area contributed by atoms with Gasteiger partial charge in [0, 0.05) is 6.04 Å². The van der Waals surface area contributed by atoms with Gasteiger partial charge in [0.25, 0.3) is 0 Å². The first-order valence-corrected chi connectivity index (χ1v) is 9.01. The molecule has 0 aliphatic heterocycles. The van der Waals surface area contributed by atoms with Crippen molar-refractivity contribution in [2.24, 2.45) is 0 Å². The van der Waals surface area contributed by atoms with Gasteiger partial charge in [-0.1, -0.05) is 46.8 Å². The van der Waals surface area contributed by atoms with Gasteiger partial charge in [-0.2, -0.15) is 0 Å². The topological polar surface area (TPSA) is 66.9 Å². The van der Waals surface area contributed by atoms with Crippen molar-refractivity contribution in [3.8, 4) is 0 Å². The molecule has 22 heavy (non-hydrogen) atoms. The lowest BCUT2D eigenvalue weighted by atomic mass is 10.3. The molecular formula is C14H15ClN4OS2. The Bertz CT molecular complexity index is 674. The van der Waals surface area contributed by atoms with Gasteiger partial charge in [-0.15, -0.1) is 10.2 Å². The Hall–Kier alpha value is -1.31. The Morgan fingerprint density at radius 1 is 1.41 bits per heavy atom. The Balaban J connectivity index is 1.56. The smallest absolute Gasteiger partial charge is 0.237 e. The zero-order valence-corrected chi connectivity index (χ0v) is 14.3. The molecule has 1 atom stereocenters. The molecule has 0 unspecified atom stereocenters. The second-order valence-corrected chi connectivity index (χ2v) is 7.99. The van der Waals surface area contributed by atoms with Gasteiger partial charge in [-0.3, -0.25) is 4.79 Å². The third-order valence-electron chi connectivity index (χ3n) is 3.09. The number of hydrogen-bond acceptors (Lipinski definition) is 6. The minimum atomic E-state index is -0.280. The number of halogens is 1. The van der Waals surface area contributed by atoms with Crippen molar-refractivity contribution in [3.63, 3.8) is 0 Å². The Kier molecular flexibility index (Phi) is 4.85. The van der Waals surface area contributed by atoms with E-state index in [1.807, 2.05) is 19.1 Å².